The third-order valence-electron chi connectivity index (χ3n) is 2.99. The molecule has 0 saturated carbocycles. The van der Waals surface area contributed by atoms with E-state index >= 15 is 0 Å². The number of hydrogen-bond acceptors (Lipinski definition) is 2. The zero-order valence-corrected chi connectivity index (χ0v) is 10.3. The number of halogens is 1. The van der Waals surface area contributed by atoms with E-state index in [0.29, 0.717) is 18.2 Å². The van der Waals surface area contributed by atoms with Crippen LogP contribution in [0.15, 0.2) is 18.2 Å². The molecule has 0 amide bonds. The number of nitrogens with zero attached hydrogens (tertiary/aromatic N) is 1. The third-order valence-corrected chi connectivity index (χ3v) is 2.99. The second kappa shape index (κ2) is 5.85. The van der Waals surface area contributed by atoms with Crippen LogP contribution in [0.3, 0.4) is 0 Å². The van der Waals surface area contributed by atoms with Crippen LogP contribution in [-0.2, 0) is 6.54 Å². The molecule has 1 aromatic carbocycles. The minimum atomic E-state index is -0.280. The predicted octanol–water partition coefficient (Wildman–Crippen LogP) is 3.03. The number of nitrogen functional groups attached to an aromatic ring is 1. The van der Waals surface area contributed by atoms with Crippen LogP contribution in [0.4, 0.5) is 10.1 Å². The summed E-state index contributed by atoms with van der Waals surface area (Å²) in [5, 5.41) is 0. The van der Waals surface area contributed by atoms with Crippen molar-refractivity contribution < 1.29 is 4.39 Å². The van der Waals surface area contributed by atoms with Crippen molar-refractivity contribution in [2.24, 2.45) is 0 Å². The molecule has 0 radical (unpaired) electrons. The van der Waals surface area contributed by atoms with Crippen LogP contribution in [0, 0.1) is 5.82 Å². The van der Waals surface area contributed by atoms with Crippen molar-refractivity contribution in [2.75, 3.05) is 12.8 Å². The Balaban J connectivity index is 2.69. The SMILES string of the molecule is CCCC(C)N(C)Cc1cccc(N)c1F. The molecule has 0 fully saturated rings. The van der Waals surface area contributed by atoms with E-state index in [9.17, 15) is 4.39 Å². The van der Waals surface area contributed by atoms with Gasteiger partial charge in [0.05, 0.1) is 5.69 Å². The Morgan fingerprint density at radius 1 is 1.44 bits per heavy atom. The van der Waals surface area contributed by atoms with Gasteiger partial charge in [-0.05, 0) is 26.5 Å². The van der Waals surface area contributed by atoms with Crippen molar-refractivity contribution in [1.82, 2.24) is 4.90 Å². The minimum absolute atomic E-state index is 0.231. The number of anilines is 1. The van der Waals surface area contributed by atoms with Crippen molar-refractivity contribution in [3.63, 3.8) is 0 Å². The molecular formula is C13H21FN2. The van der Waals surface area contributed by atoms with Crippen LogP contribution < -0.4 is 5.73 Å². The number of nitrogens with two attached hydrogens (primary N) is 1. The van der Waals surface area contributed by atoms with Gasteiger partial charge >= 0.3 is 0 Å². The summed E-state index contributed by atoms with van der Waals surface area (Å²) in [5.74, 6) is -0.280. The summed E-state index contributed by atoms with van der Waals surface area (Å²) in [6.45, 7) is 4.93. The molecule has 0 aliphatic carbocycles. The quantitative estimate of drug-likeness (QED) is 0.779. The average Bonchev–Trinajstić information content (AvgIpc) is 2.25. The lowest BCUT2D eigenvalue weighted by molar-refractivity contribution is 0.234. The maximum atomic E-state index is 13.7. The van der Waals surface area contributed by atoms with Gasteiger partial charge in [-0.25, -0.2) is 4.39 Å². The van der Waals surface area contributed by atoms with Crippen molar-refractivity contribution in [2.45, 2.75) is 39.3 Å². The van der Waals surface area contributed by atoms with Gasteiger partial charge in [-0.2, -0.15) is 0 Å². The topological polar surface area (TPSA) is 29.3 Å². The zero-order chi connectivity index (χ0) is 12.1. The van der Waals surface area contributed by atoms with Crippen molar-refractivity contribution in [3.8, 4) is 0 Å². The Labute approximate surface area is 97.3 Å². The lowest BCUT2D eigenvalue weighted by Crippen LogP contribution is -2.28. The summed E-state index contributed by atoms with van der Waals surface area (Å²) in [6.07, 6.45) is 2.27. The summed E-state index contributed by atoms with van der Waals surface area (Å²) in [5.41, 5.74) is 6.44. The third kappa shape index (κ3) is 3.20. The van der Waals surface area contributed by atoms with Gasteiger partial charge in [-0.3, -0.25) is 4.90 Å². The second-order valence-corrected chi connectivity index (χ2v) is 4.37. The molecule has 0 aliphatic rings. The molecular weight excluding hydrogens is 203 g/mol. The molecule has 0 saturated heterocycles. The van der Waals surface area contributed by atoms with Gasteiger partial charge in [-0.1, -0.05) is 25.5 Å². The lowest BCUT2D eigenvalue weighted by Gasteiger charge is -2.24. The summed E-state index contributed by atoms with van der Waals surface area (Å²) >= 11 is 0. The second-order valence-electron chi connectivity index (χ2n) is 4.37. The molecule has 16 heavy (non-hydrogen) atoms. The van der Waals surface area contributed by atoms with Crippen LogP contribution in [0.1, 0.15) is 32.3 Å². The highest BCUT2D eigenvalue weighted by molar-refractivity contribution is 5.42. The molecule has 0 bridgehead atoms. The molecule has 1 rings (SSSR count). The largest absolute Gasteiger partial charge is 0.396 e. The maximum absolute atomic E-state index is 13.7. The molecule has 0 spiro atoms. The van der Waals surface area contributed by atoms with E-state index < -0.39 is 0 Å². The Hall–Kier alpha value is -1.09. The Morgan fingerprint density at radius 2 is 2.12 bits per heavy atom. The number of rotatable bonds is 5. The predicted molar refractivity (Wildman–Crippen MR) is 66.6 cm³/mol. The molecule has 1 aromatic rings. The minimum Gasteiger partial charge on any atom is -0.396 e. The van der Waals surface area contributed by atoms with Crippen LogP contribution in [0.5, 0.6) is 0 Å². The van der Waals surface area contributed by atoms with Crippen LogP contribution in [0.25, 0.3) is 0 Å². The fourth-order valence-electron chi connectivity index (χ4n) is 1.78. The highest BCUT2D eigenvalue weighted by Crippen LogP contribution is 2.17. The first-order valence-electron chi connectivity index (χ1n) is 5.79. The average molecular weight is 224 g/mol. The van der Waals surface area contributed by atoms with Gasteiger partial charge in [0.2, 0.25) is 0 Å². The Bertz CT molecular complexity index is 339. The van der Waals surface area contributed by atoms with E-state index in [-0.39, 0.29) is 11.5 Å². The number of benzene rings is 1. The van der Waals surface area contributed by atoms with Crippen molar-refractivity contribution in [3.05, 3.63) is 29.6 Å². The first kappa shape index (κ1) is 13.0. The van der Waals surface area contributed by atoms with Crippen molar-refractivity contribution in [1.29, 1.82) is 0 Å². The monoisotopic (exact) mass is 224 g/mol. The Morgan fingerprint density at radius 3 is 2.75 bits per heavy atom. The molecule has 0 aliphatic heterocycles. The van der Waals surface area contributed by atoms with Crippen LogP contribution >= 0.6 is 0 Å². The van der Waals surface area contributed by atoms with E-state index in [1.807, 2.05) is 7.05 Å². The first-order chi connectivity index (χ1) is 7.56. The molecule has 2 nitrogen and oxygen atoms in total. The van der Waals surface area contributed by atoms with Gasteiger partial charge in [-0.15, -0.1) is 0 Å². The fraction of sp³-hybridized carbons (Fsp3) is 0.538. The molecule has 3 heteroatoms. The highest BCUT2D eigenvalue weighted by atomic mass is 19.1. The first-order valence-corrected chi connectivity index (χ1v) is 5.79. The van der Waals surface area contributed by atoms with Gasteiger partial charge in [0.15, 0.2) is 5.82 Å². The van der Waals surface area contributed by atoms with Crippen molar-refractivity contribution >= 4 is 5.69 Å². The maximum Gasteiger partial charge on any atom is 0.150 e. The fourth-order valence-corrected chi connectivity index (χ4v) is 1.78. The normalized spacial score (nSPS) is 13.1. The number of hydrogen-bond donors (Lipinski definition) is 1. The standard InChI is InChI=1S/C13H21FN2/c1-4-6-10(2)16(3)9-11-7-5-8-12(15)13(11)14/h5,7-8,10H,4,6,9,15H2,1-3H3. The van der Waals surface area contributed by atoms with Gasteiger partial charge in [0.25, 0.3) is 0 Å². The molecule has 1 atom stereocenters. The van der Waals surface area contributed by atoms with E-state index in [0.717, 1.165) is 12.8 Å². The molecule has 1 unspecified atom stereocenters. The summed E-state index contributed by atoms with van der Waals surface area (Å²) in [4.78, 5) is 2.15. The Kier molecular flexibility index (Phi) is 4.74. The molecule has 90 valence electrons. The van der Waals surface area contributed by atoms with E-state index in [2.05, 4.69) is 18.7 Å². The van der Waals surface area contributed by atoms with Crippen LogP contribution in [0.2, 0.25) is 0 Å². The van der Waals surface area contributed by atoms with Gasteiger partial charge < -0.3 is 5.73 Å². The highest BCUT2D eigenvalue weighted by Gasteiger charge is 2.12. The van der Waals surface area contributed by atoms with E-state index in [4.69, 9.17) is 5.73 Å². The van der Waals surface area contributed by atoms with Gasteiger partial charge in [0, 0.05) is 18.2 Å². The van der Waals surface area contributed by atoms with Crippen LogP contribution in [-0.4, -0.2) is 18.0 Å². The zero-order valence-electron chi connectivity index (χ0n) is 10.3. The lowest BCUT2D eigenvalue weighted by atomic mass is 10.1. The van der Waals surface area contributed by atoms with Gasteiger partial charge in [0.1, 0.15) is 0 Å². The summed E-state index contributed by atoms with van der Waals surface area (Å²) in [7, 11) is 2.02. The summed E-state index contributed by atoms with van der Waals surface area (Å²) in [6, 6.07) is 5.65. The summed E-state index contributed by atoms with van der Waals surface area (Å²) < 4.78 is 13.7. The smallest absolute Gasteiger partial charge is 0.150 e. The molecule has 0 aromatic heterocycles. The molecule has 0 heterocycles. The molecule has 2 N–H and O–H groups in total. The van der Waals surface area contributed by atoms with E-state index in [1.54, 1.807) is 18.2 Å². The van der Waals surface area contributed by atoms with E-state index in [1.165, 1.54) is 0 Å².